The van der Waals surface area contributed by atoms with E-state index in [1.807, 2.05) is 37.1 Å². The van der Waals surface area contributed by atoms with Crippen molar-refractivity contribution in [3.05, 3.63) is 35.5 Å². The summed E-state index contributed by atoms with van der Waals surface area (Å²) < 4.78 is 15.7. The monoisotopic (exact) mass is 331 g/mol. The van der Waals surface area contributed by atoms with Crippen molar-refractivity contribution in [2.45, 2.75) is 26.9 Å². The molecular formula is C16H21N5O3. The second-order valence-corrected chi connectivity index (χ2v) is 5.44. The number of ether oxygens (including phenoxy) is 2. The van der Waals surface area contributed by atoms with Gasteiger partial charge in [0.05, 0.1) is 0 Å². The largest absolute Gasteiger partial charge is 0.454 e. The second-order valence-electron chi connectivity index (χ2n) is 5.44. The molecule has 2 heterocycles. The number of aryl methyl sites for hydroxylation is 1. The fourth-order valence-electron chi connectivity index (χ4n) is 2.41. The lowest BCUT2D eigenvalue weighted by Gasteiger charge is -2.22. The summed E-state index contributed by atoms with van der Waals surface area (Å²) in [5, 5.41) is 7.13. The van der Waals surface area contributed by atoms with Crippen LogP contribution in [0.2, 0.25) is 0 Å². The average molecular weight is 331 g/mol. The van der Waals surface area contributed by atoms with Gasteiger partial charge in [-0.2, -0.15) is 4.98 Å². The van der Waals surface area contributed by atoms with E-state index in [1.54, 1.807) is 6.92 Å². The molecule has 1 N–H and O–H groups in total. The molecule has 1 aromatic heterocycles. The zero-order chi connectivity index (χ0) is 16.9. The highest BCUT2D eigenvalue weighted by molar-refractivity contribution is 5.79. The fraction of sp³-hybridized carbons (Fsp3) is 0.438. The quantitative estimate of drug-likeness (QED) is 0.659. The maximum atomic E-state index is 5.42. The van der Waals surface area contributed by atoms with Gasteiger partial charge >= 0.3 is 0 Å². The first-order valence-electron chi connectivity index (χ1n) is 7.83. The molecule has 1 aliphatic rings. The number of guanidine groups is 1. The SMILES string of the molecule is CCNC(=NCc1noc(C)n1)N(C)Cc1ccc2c(c1)OCO2. The molecule has 0 saturated carbocycles. The molecule has 2 aromatic rings. The standard InChI is InChI=1S/C16H21N5O3/c1-4-17-16(18-8-15-19-11(2)24-20-15)21(3)9-12-5-6-13-14(7-12)23-10-22-13/h5-7H,4,8-10H2,1-3H3,(H,17,18). The van der Waals surface area contributed by atoms with Gasteiger partial charge in [-0.25, -0.2) is 4.99 Å². The number of nitrogens with one attached hydrogen (secondary N) is 1. The molecule has 0 radical (unpaired) electrons. The van der Waals surface area contributed by atoms with E-state index >= 15 is 0 Å². The van der Waals surface area contributed by atoms with Crippen molar-refractivity contribution in [2.75, 3.05) is 20.4 Å². The molecule has 0 amide bonds. The highest BCUT2D eigenvalue weighted by Crippen LogP contribution is 2.32. The van der Waals surface area contributed by atoms with Crippen LogP contribution in [0.3, 0.4) is 0 Å². The second kappa shape index (κ2) is 7.20. The van der Waals surface area contributed by atoms with Crippen LogP contribution in [0, 0.1) is 6.92 Å². The van der Waals surface area contributed by atoms with E-state index in [-0.39, 0.29) is 6.79 Å². The van der Waals surface area contributed by atoms with Crippen molar-refractivity contribution in [1.82, 2.24) is 20.4 Å². The molecule has 8 nitrogen and oxygen atoms in total. The maximum absolute atomic E-state index is 5.42. The van der Waals surface area contributed by atoms with E-state index < -0.39 is 0 Å². The van der Waals surface area contributed by atoms with Crippen molar-refractivity contribution in [3.8, 4) is 11.5 Å². The van der Waals surface area contributed by atoms with Crippen LogP contribution >= 0.6 is 0 Å². The Morgan fingerprint density at radius 3 is 2.92 bits per heavy atom. The van der Waals surface area contributed by atoms with Crippen molar-refractivity contribution in [3.63, 3.8) is 0 Å². The Morgan fingerprint density at radius 2 is 2.17 bits per heavy atom. The van der Waals surface area contributed by atoms with Crippen LogP contribution in [0.15, 0.2) is 27.7 Å². The highest BCUT2D eigenvalue weighted by atomic mass is 16.7. The van der Waals surface area contributed by atoms with Gasteiger partial charge in [0.2, 0.25) is 12.7 Å². The third-order valence-corrected chi connectivity index (χ3v) is 3.49. The molecule has 0 bridgehead atoms. The number of nitrogens with zero attached hydrogens (tertiary/aromatic N) is 4. The smallest absolute Gasteiger partial charge is 0.231 e. The molecule has 0 atom stereocenters. The summed E-state index contributed by atoms with van der Waals surface area (Å²) in [4.78, 5) is 10.8. The van der Waals surface area contributed by atoms with Crippen molar-refractivity contribution >= 4 is 5.96 Å². The van der Waals surface area contributed by atoms with Gasteiger partial charge in [-0.15, -0.1) is 0 Å². The first kappa shape index (κ1) is 16.1. The molecule has 0 unspecified atom stereocenters. The average Bonchev–Trinajstić information content (AvgIpc) is 3.19. The van der Waals surface area contributed by atoms with Gasteiger partial charge in [0.1, 0.15) is 6.54 Å². The summed E-state index contributed by atoms with van der Waals surface area (Å²) in [6.45, 7) is 5.90. The molecular weight excluding hydrogens is 310 g/mol. The highest BCUT2D eigenvalue weighted by Gasteiger charge is 2.15. The van der Waals surface area contributed by atoms with Crippen LogP contribution in [-0.4, -0.2) is 41.4 Å². The van der Waals surface area contributed by atoms with Crippen LogP contribution in [0.5, 0.6) is 11.5 Å². The number of rotatable bonds is 5. The van der Waals surface area contributed by atoms with Crippen LogP contribution in [0.4, 0.5) is 0 Å². The molecule has 0 saturated heterocycles. The fourth-order valence-corrected chi connectivity index (χ4v) is 2.41. The van der Waals surface area contributed by atoms with Gasteiger partial charge in [-0.05, 0) is 24.6 Å². The molecule has 3 rings (SSSR count). The zero-order valence-electron chi connectivity index (χ0n) is 14.1. The lowest BCUT2D eigenvalue weighted by molar-refractivity contribution is 0.174. The summed E-state index contributed by atoms with van der Waals surface area (Å²) in [7, 11) is 1.98. The van der Waals surface area contributed by atoms with Crippen molar-refractivity contribution in [2.24, 2.45) is 4.99 Å². The minimum absolute atomic E-state index is 0.281. The lowest BCUT2D eigenvalue weighted by atomic mass is 10.2. The van der Waals surface area contributed by atoms with E-state index in [0.29, 0.717) is 24.8 Å². The lowest BCUT2D eigenvalue weighted by Crippen LogP contribution is -2.38. The molecule has 128 valence electrons. The Bertz CT molecular complexity index is 728. The summed E-state index contributed by atoms with van der Waals surface area (Å²) in [6.07, 6.45) is 0. The van der Waals surface area contributed by atoms with Gasteiger partial charge in [0, 0.05) is 27.1 Å². The normalized spacial score (nSPS) is 13.2. The van der Waals surface area contributed by atoms with Crippen molar-refractivity contribution < 1.29 is 14.0 Å². The number of aromatic nitrogens is 2. The third kappa shape index (κ3) is 3.76. The molecule has 0 aliphatic carbocycles. The Balaban J connectivity index is 1.68. The van der Waals surface area contributed by atoms with Gasteiger partial charge < -0.3 is 24.2 Å². The van der Waals surface area contributed by atoms with E-state index in [0.717, 1.165) is 29.6 Å². The number of hydrogen-bond acceptors (Lipinski definition) is 6. The Kier molecular flexibility index (Phi) is 4.83. The molecule has 8 heteroatoms. The number of fused-ring (bicyclic) bond motifs is 1. The summed E-state index contributed by atoms with van der Waals surface area (Å²) in [5.41, 5.74) is 1.11. The van der Waals surface area contributed by atoms with Crippen LogP contribution < -0.4 is 14.8 Å². The van der Waals surface area contributed by atoms with Gasteiger partial charge in [0.15, 0.2) is 23.3 Å². The molecule has 1 aliphatic heterocycles. The Hall–Kier alpha value is -2.77. The number of aliphatic imine (C=N–C) groups is 1. The molecule has 24 heavy (non-hydrogen) atoms. The van der Waals surface area contributed by atoms with Crippen molar-refractivity contribution in [1.29, 1.82) is 0 Å². The minimum Gasteiger partial charge on any atom is -0.454 e. The summed E-state index contributed by atoms with van der Waals surface area (Å²) >= 11 is 0. The summed E-state index contributed by atoms with van der Waals surface area (Å²) in [6, 6.07) is 5.94. The topological polar surface area (TPSA) is 85.0 Å². The Morgan fingerprint density at radius 1 is 1.33 bits per heavy atom. The predicted octanol–water partition coefficient (Wildman–Crippen LogP) is 1.70. The van der Waals surface area contributed by atoms with Crippen LogP contribution in [0.1, 0.15) is 24.2 Å². The molecule has 0 spiro atoms. The van der Waals surface area contributed by atoms with E-state index in [2.05, 4.69) is 20.4 Å². The van der Waals surface area contributed by atoms with E-state index in [9.17, 15) is 0 Å². The molecule has 1 aromatic carbocycles. The first-order chi connectivity index (χ1) is 11.7. The first-order valence-corrected chi connectivity index (χ1v) is 7.83. The maximum Gasteiger partial charge on any atom is 0.231 e. The Labute approximate surface area is 140 Å². The number of benzene rings is 1. The zero-order valence-corrected chi connectivity index (χ0v) is 14.1. The van der Waals surface area contributed by atoms with Gasteiger partial charge in [0.25, 0.3) is 0 Å². The third-order valence-electron chi connectivity index (χ3n) is 3.49. The van der Waals surface area contributed by atoms with Gasteiger partial charge in [-0.1, -0.05) is 11.2 Å². The number of hydrogen-bond donors (Lipinski definition) is 1. The van der Waals surface area contributed by atoms with E-state index in [1.165, 1.54) is 0 Å². The predicted molar refractivity (Wildman–Crippen MR) is 87.9 cm³/mol. The summed E-state index contributed by atoms with van der Waals surface area (Å²) in [5.74, 6) is 3.45. The van der Waals surface area contributed by atoms with Crippen LogP contribution in [-0.2, 0) is 13.1 Å². The van der Waals surface area contributed by atoms with Crippen LogP contribution in [0.25, 0.3) is 0 Å². The van der Waals surface area contributed by atoms with Gasteiger partial charge in [-0.3, -0.25) is 0 Å². The van der Waals surface area contributed by atoms with E-state index in [4.69, 9.17) is 14.0 Å². The molecule has 0 fully saturated rings. The minimum atomic E-state index is 0.281.